The van der Waals surface area contributed by atoms with Crippen molar-refractivity contribution < 1.29 is 111 Å². The Morgan fingerprint density at radius 3 is 0.966 bits per heavy atom. The number of hydrogen-bond acceptors (Lipinski definition) is 9. The van der Waals surface area contributed by atoms with E-state index in [1.807, 2.05) is 0 Å². The molecule has 0 bridgehead atoms. The molecule has 0 spiro atoms. The van der Waals surface area contributed by atoms with Gasteiger partial charge in [0.2, 0.25) is 0 Å². The van der Waals surface area contributed by atoms with E-state index in [0.29, 0.717) is 0 Å². The van der Waals surface area contributed by atoms with Crippen LogP contribution < -0.4 is 0 Å². The van der Waals surface area contributed by atoms with E-state index in [4.69, 9.17) is 41.0 Å². The Morgan fingerprint density at radius 1 is 0.828 bits per heavy atom. The molecule has 4 N–H and O–H groups in total. The van der Waals surface area contributed by atoms with Crippen molar-refractivity contribution in [2.45, 2.75) is 52.0 Å². The molecule has 0 saturated heterocycles. The Balaban J connectivity index is -0.00000000754. The van der Waals surface area contributed by atoms with Gasteiger partial charge >= 0.3 is 50.9 Å². The Hall–Kier alpha value is 2.74. The molecular formula is C11H43I2InN2O11Y2. The molecule has 0 aliphatic carbocycles. The largest absolute Gasteiger partial charge is 0 e. The molecule has 0 rings (SSSR count). The van der Waals surface area contributed by atoms with Crippen molar-refractivity contribution >= 4 is 50.9 Å². The van der Waals surface area contributed by atoms with Crippen LogP contribution in [-0.4, -0.2) is 73.4 Å². The summed E-state index contributed by atoms with van der Waals surface area (Å²) in [7, 11) is 2.86. The fourth-order valence-corrected chi connectivity index (χ4v) is 0.0527. The van der Waals surface area contributed by atoms with Crippen molar-refractivity contribution in [2.75, 3.05) is 27.8 Å². The number of halogens is 2. The van der Waals surface area contributed by atoms with Gasteiger partial charge in [0.1, 0.15) is 6.79 Å². The van der Waals surface area contributed by atoms with Crippen molar-refractivity contribution in [1.82, 2.24) is 0 Å². The summed E-state index contributed by atoms with van der Waals surface area (Å²) in [4.78, 5) is 20.2. The Bertz CT molecular complexity index is 177. The van der Waals surface area contributed by atoms with Gasteiger partial charge in [-0.1, -0.05) is 52.0 Å². The summed E-state index contributed by atoms with van der Waals surface area (Å²) < 4.78 is 8.32. The molecule has 0 fully saturated rings. The topological polar surface area (TPSA) is 195 Å². The van der Waals surface area contributed by atoms with E-state index >= 15 is 0 Å². The Kier molecular flexibility index (Phi) is 411. The molecule has 18 heteroatoms. The average molecular weight is 926 g/mol. The molecule has 0 unspecified atom stereocenters. The first kappa shape index (κ1) is 95.3. The third kappa shape index (κ3) is 771. The third-order valence-electron chi connectivity index (χ3n) is 0.300. The van der Waals surface area contributed by atoms with E-state index in [1.165, 1.54) is 14.2 Å². The second-order valence-electron chi connectivity index (χ2n) is 1.53. The average Bonchev–Trinajstić information content (AvgIpc) is 2.30. The zero-order valence-corrected chi connectivity index (χ0v) is 25.6. The number of methoxy groups -OCH3 is 2. The van der Waals surface area contributed by atoms with Crippen LogP contribution in [0.1, 0.15) is 52.0 Å². The number of nitrogens with zero attached hydrogens (tertiary/aromatic N) is 2. The predicted molar refractivity (Wildman–Crippen MR) is 130 cm³/mol. The molecule has 0 heterocycles. The molecule has 13 nitrogen and oxygen atoms in total. The number of aliphatic hydroxyl groups excluding tert-OH is 1. The van der Waals surface area contributed by atoms with Crippen molar-refractivity contribution in [3.63, 3.8) is 0 Å². The van der Waals surface area contributed by atoms with Gasteiger partial charge in [0.25, 0.3) is 10.2 Å². The predicted octanol–water partition coefficient (Wildman–Crippen LogP) is 4.54. The zero-order valence-electron chi connectivity index (χ0n) is 11.6. The van der Waals surface area contributed by atoms with E-state index in [9.17, 15) is 0 Å². The van der Waals surface area contributed by atoms with Crippen LogP contribution in [0.3, 0.4) is 0 Å². The minimum atomic E-state index is -1.50. The monoisotopic (exact) mass is 926 g/mol. The smallest absolute Gasteiger partial charge is 0 e. The molecular weight excluding hydrogens is 883 g/mol. The van der Waals surface area contributed by atoms with E-state index < -0.39 is 10.2 Å². The van der Waals surface area contributed by atoms with E-state index in [-0.39, 0.29) is 146 Å². The van der Waals surface area contributed by atoms with Crippen molar-refractivity contribution in [2.24, 2.45) is 0 Å². The number of hydrogen-bond donors (Lipinski definition) is 4. The normalized spacial score (nSPS) is 4.62. The Labute approximate surface area is 257 Å². The van der Waals surface area contributed by atoms with E-state index in [0.717, 1.165) is 0 Å². The number of aliphatic hydroxyl groups is 1. The standard InChI is InChI=1S/C2H6O3.C2H6O2.7CH4.2HI.In.2HNO3.2Y.H/c1-4-2-5-3;1-4-2-3;;;;;;;;;;;2*2-1(3)4;;;/h3H,2H2,1H3;3H,2H2,1H3;7*1H4;2*1H;;2*(H,2,3,4);;;/q;;;;;;;;;;;+2;;;;;/p-2. The van der Waals surface area contributed by atoms with E-state index in [1.54, 1.807) is 0 Å². The maximum atomic E-state index is 8.36. The van der Waals surface area contributed by atoms with Gasteiger partial charge in [-0.3, -0.25) is 0 Å². The fourth-order valence-electron chi connectivity index (χ4n) is 0.0527. The molecule has 186 valence electrons. The first-order valence-electron chi connectivity index (χ1n) is 3.85. The minimum Gasteiger partial charge on any atom is 0 e. The second-order valence-corrected chi connectivity index (χ2v) is 31.9. The van der Waals surface area contributed by atoms with Crippen LogP contribution in [0.2, 0.25) is 0 Å². The van der Waals surface area contributed by atoms with Crippen molar-refractivity contribution in [3.05, 3.63) is 20.2 Å². The molecule has 29 heavy (non-hydrogen) atoms. The second kappa shape index (κ2) is 125. The molecule has 0 aliphatic rings. The quantitative estimate of drug-likeness (QED) is 0.102. The van der Waals surface area contributed by atoms with Crippen molar-refractivity contribution in [1.29, 1.82) is 0 Å². The number of ether oxygens (including phenoxy) is 2. The zero-order chi connectivity index (χ0) is 17.4. The van der Waals surface area contributed by atoms with Crippen LogP contribution in [-0.2, 0) is 79.8 Å². The van der Waals surface area contributed by atoms with Gasteiger partial charge in [-0.25, -0.2) is 10.1 Å². The first-order chi connectivity index (χ1) is 9.21. The summed E-state index contributed by atoms with van der Waals surface area (Å²) in [6.07, 6.45) is 0. The summed E-state index contributed by atoms with van der Waals surface area (Å²) in [5.41, 5.74) is 0. The van der Waals surface area contributed by atoms with Crippen LogP contribution in [0.5, 0.6) is 0 Å². The molecule has 2 radical (unpaired) electrons. The van der Waals surface area contributed by atoms with Crippen LogP contribution in [0.25, 0.3) is 0 Å². The molecule has 0 aromatic heterocycles. The molecule has 0 saturated carbocycles. The molecule has 0 amide bonds. The van der Waals surface area contributed by atoms with Crippen LogP contribution in [0, 0.1) is 20.2 Å². The van der Waals surface area contributed by atoms with Crippen LogP contribution in [0.15, 0.2) is 0 Å². The SMILES string of the molecule is C.C.C.C.C.C.C.COCO.COCOO.O=[N+]([O-])O.O=[N+]([O-])O.[I][InH][I].[Y].[Y]. The summed E-state index contributed by atoms with van der Waals surface area (Å²) in [6, 6.07) is 0. The summed E-state index contributed by atoms with van der Waals surface area (Å²) >= 11 is 4.90. The molecule has 0 aliphatic heterocycles. The molecule has 0 aromatic carbocycles. The fraction of sp³-hybridized carbons (Fsp3) is 1.00. The van der Waals surface area contributed by atoms with Gasteiger partial charge in [0.05, 0.1) is 0 Å². The van der Waals surface area contributed by atoms with Gasteiger partial charge in [-0.2, -0.15) is 0 Å². The van der Waals surface area contributed by atoms with Gasteiger partial charge in [0.15, 0.2) is 6.79 Å². The van der Waals surface area contributed by atoms with Crippen LogP contribution in [0.4, 0.5) is 0 Å². The number of rotatable bonds is 3. The summed E-state index contributed by atoms with van der Waals surface area (Å²) in [5, 5.41) is 42.4. The maximum Gasteiger partial charge on any atom is 0 e. The minimum absolute atomic E-state index is 0. The third-order valence-corrected chi connectivity index (χ3v) is 0.300. The first-order valence-corrected chi connectivity index (χ1v) is 27.4. The maximum absolute atomic E-state index is 8.36. The molecule has 0 atom stereocenters. The van der Waals surface area contributed by atoms with Crippen molar-refractivity contribution in [3.8, 4) is 0 Å². The Morgan fingerprint density at radius 2 is 0.966 bits per heavy atom. The molecule has 0 aromatic rings. The van der Waals surface area contributed by atoms with Gasteiger partial charge < -0.3 is 25.0 Å². The van der Waals surface area contributed by atoms with Gasteiger partial charge in [0, 0.05) is 79.6 Å². The van der Waals surface area contributed by atoms with Gasteiger partial charge in [-0.15, -0.1) is 20.2 Å². The summed E-state index contributed by atoms with van der Waals surface area (Å²) in [6.45, 7) is -0.236. The van der Waals surface area contributed by atoms with E-state index in [2.05, 4.69) is 50.6 Å². The van der Waals surface area contributed by atoms with Gasteiger partial charge in [-0.05, 0) is 0 Å². The summed E-state index contributed by atoms with van der Waals surface area (Å²) in [5.74, 6) is 0. The van der Waals surface area contributed by atoms with Crippen LogP contribution >= 0.6 is 36.3 Å².